The number of rotatable bonds is 4. The molecule has 2 rings (SSSR count). The summed E-state index contributed by atoms with van der Waals surface area (Å²) in [5.41, 5.74) is 7.91. The average Bonchev–Trinajstić information content (AvgIpc) is 2.41. The molecule has 0 atom stereocenters. The number of carbonyl (C=O) groups is 1. The van der Waals surface area contributed by atoms with Crippen molar-refractivity contribution >= 4 is 40.9 Å². The van der Waals surface area contributed by atoms with Crippen molar-refractivity contribution in [1.82, 2.24) is 9.97 Å². The molecule has 0 bridgehead atoms. The predicted molar refractivity (Wildman–Crippen MR) is 86.7 cm³/mol. The molecular weight excluding hydrogens is 308 g/mol. The van der Waals surface area contributed by atoms with E-state index in [9.17, 15) is 4.79 Å². The Labute approximate surface area is 132 Å². The molecule has 7 heteroatoms. The van der Waals surface area contributed by atoms with E-state index in [0.717, 1.165) is 11.3 Å². The Morgan fingerprint density at radius 2 is 2.14 bits per heavy atom. The van der Waals surface area contributed by atoms with E-state index < -0.39 is 0 Å². The van der Waals surface area contributed by atoms with Crippen LogP contribution in [0.2, 0.25) is 5.02 Å². The van der Waals surface area contributed by atoms with Crippen LogP contribution in [0, 0.1) is 13.8 Å². The zero-order valence-corrected chi connectivity index (χ0v) is 13.3. The SMILES string of the molecule is Cc1cc(SCC(=O)Nc2cccc(Cl)c2C)nc(N)n1. The highest BCUT2D eigenvalue weighted by Crippen LogP contribution is 2.23. The van der Waals surface area contributed by atoms with E-state index >= 15 is 0 Å². The van der Waals surface area contributed by atoms with E-state index in [0.29, 0.717) is 15.7 Å². The summed E-state index contributed by atoms with van der Waals surface area (Å²) in [6.45, 7) is 3.69. The minimum Gasteiger partial charge on any atom is -0.368 e. The summed E-state index contributed by atoms with van der Waals surface area (Å²) in [6, 6.07) is 7.19. The topological polar surface area (TPSA) is 80.9 Å². The molecule has 1 aromatic heterocycles. The van der Waals surface area contributed by atoms with Gasteiger partial charge in [0.15, 0.2) is 0 Å². The van der Waals surface area contributed by atoms with Crippen LogP contribution in [0.4, 0.5) is 11.6 Å². The van der Waals surface area contributed by atoms with Crippen LogP contribution in [-0.2, 0) is 4.79 Å². The molecule has 0 spiro atoms. The molecule has 1 heterocycles. The molecule has 0 saturated heterocycles. The summed E-state index contributed by atoms with van der Waals surface area (Å²) in [6.07, 6.45) is 0. The van der Waals surface area contributed by atoms with E-state index in [2.05, 4.69) is 15.3 Å². The van der Waals surface area contributed by atoms with Crippen LogP contribution >= 0.6 is 23.4 Å². The van der Waals surface area contributed by atoms with Gasteiger partial charge in [0, 0.05) is 16.4 Å². The van der Waals surface area contributed by atoms with Gasteiger partial charge in [0.1, 0.15) is 5.03 Å². The van der Waals surface area contributed by atoms with E-state index in [4.69, 9.17) is 17.3 Å². The number of anilines is 2. The normalized spacial score (nSPS) is 10.4. The number of halogens is 1. The lowest BCUT2D eigenvalue weighted by Gasteiger charge is -2.09. The van der Waals surface area contributed by atoms with Crippen molar-refractivity contribution in [2.75, 3.05) is 16.8 Å². The zero-order chi connectivity index (χ0) is 15.4. The van der Waals surface area contributed by atoms with Gasteiger partial charge in [-0.05, 0) is 37.6 Å². The van der Waals surface area contributed by atoms with Crippen LogP contribution in [0.1, 0.15) is 11.3 Å². The molecule has 0 aliphatic rings. The lowest BCUT2D eigenvalue weighted by molar-refractivity contribution is -0.113. The third-order valence-corrected chi connectivity index (χ3v) is 4.06. The van der Waals surface area contributed by atoms with Gasteiger partial charge in [0.25, 0.3) is 0 Å². The Morgan fingerprint density at radius 3 is 2.86 bits per heavy atom. The number of hydrogen-bond acceptors (Lipinski definition) is 5. The quantitative estimate of drug-likeness (QED) is 0.668. The Bertz CT molecular complexity index is 658. The van der Waals surface area contributed by atoms with Gasteiger partial charge in [0.05, 0.1) is 5.75 Å². The lowest BCUT2D eigenvalue weighted by atomic mass is 10.2. The van der Waals surface area contributed by atoms with Gasteiger partial charge in [-0.2, -0.15) is 0 Å². The highest BCUT2D eigenvalue weighted by atomic mass is 35.5. The molecule has 0 fully saturated rings. The molecule has 5 nitrogen and oxygen atoms in total. The van der Waals surface area contributed by atoms with Crippen LogP contribution in [0.3, 0.4) is 0 Å². The third-order valence-electron chi connectivity index (χ3n) is 2.74. The van der Waals surface area contributed by atoms with Crippen molar-refractivity contribution in [2.24, 2.45) is 0 Å². The molecule has 1 aromatic carbocycles. The number of nitrogens with one attached hydrogen (secondary N) is 1. The number of nitrogens with zero attached hydrogens (tertiary/aromatic N) is 2. The Kier molecular flexibility index (Phi) is 5.03. The van der Waals surface area contributed by atoms with Crippen molar-refractivity contribution in [2.45, 2.75) is 18.9 Å². The number of benzene rings is 1. The summed E-state index contributed by atoms with van der Waals surface area (Å²) in [7, 11) is 0. The summed E-state index contributed by atoms with van der Waals surface area (Å²) in [4.78, 5) is 20.0. The molecule has 0 aliphatic heterocycles. The molecule has 0 radical (unpaired) electrons. The number of aryl methyl sites for hydroxylation is 1. The second-order valence-electron chi connectivity index (χ2n) is 4.46. The number of amides is 1. The van der Waals surface area contributed by atoms with E-state index in [1.54, 1.807) is 18.2 Å². The molecular formula is C14H15ClN4OS. The minimum atomic E-state index is -0.125. The predicted octanol–water partition coefficient (Wildman–Crippen LogP) is 3.06. The van der Waals surface area contributed by atoms with Crippen LogP contribution < -0.4 is 11.1 Å². The van der Waals surface area contributed by atoms with Crippen molar-refractivity contribution in [3.63, 3.8) is 0 Å². The first-order valence-corrected chi connectivity index (χ1v) is 7.61. The minimum absolute atomic E-state index is 0.125. The van der Waals surface area contributed by atoms with Gasteiger partial charge in [-0.25, -0.2) is 9.97 Å². The summed E-state index contributed by atoms with van der Waals surface area (Å²) in [5.74, 6) is 0.325. The summed E-state index contributed by atoms with van der Waals surface area (Å²) >= 11 is 7.33. The number of nitrogen functional groups attached to an aromatic ring is 1. The lowest BCUT2D eigenvalue weighted by Crippen LogP contribution is -2.15. The smallest absolute Gasteiger partial charge is 0.234 e. The van der Waals surface area contributed by atoms with Gasteiger partial charge in [-0.15, -0.1) is 0 Å². The Balaban J connectivity index is 1.97. The first kappa shape index (κ1) is 15.6. The van der Waals surface area contributed by atoms with Gasteiger partial charge in [-0.1, -0.05) is 29.4 Å². The van der Waals surface area contributed by atoms with E-state index in [1.807, 2.05) is 19.9 Å². The summed E-state index contributed by atoms with van der Waals surface area (Å²) in [5, 5.41) is 4.13. The summed E-state index contributed by atoms with van der Waals surface area (Å²) < 4.78 is 0. The van der Waals surface area contributed by atoms with Crippen LogP contribution in [-0.4, -0.2) is 21.6 Å². The number of thioether (sulfide) groups is 1. The Hall–Kier alpha value is -1.79. The maximum atomic E-state index is 12.0. The first-order chi connectivity index (χ1) is 9.95. The number of aromatic nitrogens is 2. The third kappa shape index (κ3) is 4.34. The molecule has 110 valence electrons. The van der Waals surface area contributed by atoms with Crippen LogP contribution in [0.15, 0.2) is 29.3 Å². The molecule has 3 N–H and O–H groups in total. The fourth-order valence-electron chi connectivity index (χ4n) is 1.70. The standard InChI is InChI=1S/C14H15ClN4OS/c1-8-6-13(19-14(16)17-8)21-7-12(20)18-11-5-3-4-10(15)9(11)2/h3-6H,7H2,1-2H3,(H,18,20)(H2,16,17,19). The number of hydrogen-bond donors (Lipinski definition) is 2. The maximum absolute atomic E-state index is 12.0. The average molecular weight is 323 g/mol. The maximum Gasteiger partial charge on any atom is 0.234 e. The fraction of sp³-hybridized carbons (Fsp3) is 0.214. The largest absolute Gasteiger partial charge is 0.368 e. The van der Waals surface area contributed by atoms with Crippen molar-refractivity contribution in [3.05, 3.63) is 40.5 Å². The molecule has 2 aromatic rings. The monoisotopic (exact) mass is 322 g/mol. The van der Waals surface area contributed by atoms with Crippen LogP contribution in [0.5, 0.6) is 0 Å². The van der Waals surface area contributed by atoms with Gasteiger partial charge in [0.2, 0.25) is 11.9 Å². The van der Waals surface area contributed by atoms with Crippen molar-refractivity contribution in [3.8, 4) is 0 Å². The molecule has 0 saturated carbocycles. The highest BCUT2D eigenvalue weighted by Gasteiger charge is 2.08. The second-order valence-corrected chi connectivity index (χ2v) is 5.86. The molecule has 0 aliphatic carbocycles. The van der Waals surface area contributed by atoms with Crippen molar-refractivity contribution < 1.29 is 4.79 Å². The van der Waals surface area contributed by atoms with E-state index in [-0.39, 0.29) is 17.6 Å². The van der Waals surface area contributed by atoms with Gasteiger partial charge < -0.3 is 11.1 Å². The number of carbonyl (C=O) groups excluding carboxylic acids is 1. The number of nitrogens with two attached hydrogens (primary N) is 1. The first-order valence-electron chi connectivity index (χ1n) is 6.24. The van der Waals surface area contributed by atoms with E-state index in [1.165, 1.54) is 11.8 Å². The van der Waals surface area contributed by atoms with Crippen LogP contribution in [0.25, 0.3) is 0 Å². The zero-order valence-electron chi connectivity index (χ0n) is 11.7. The molecule has 1 amide bonds. The highest BCUT2D eigenvalue weighted by molar-refractivity contribution is 7.99. The molecule has 0 unspecified atom stereocenters. The molecule has 21 heavy (non-hydrogen) atoms. The second kappa shape index (κ2) is 6.78. The Morgan fingerprint density at radius 1 is 1.38 bits per heavy atom. The van der Waals surface area contributed by atoms with Crippen molar-refractivity contribution in [1.29, 1.82) is 0 Å². The fourth-order valence-corrected chi connectivity index (χ4v) is 2.64. The van der Waals surface area contributed by atoms with Gasteiger partial charge >= 0.3 is 0 Å². The van der Waals surface area contributed by atoms with Gasteiger partial charge in [-0.3, -0.25) is 4.79 Å².